The van der Waals surface area contributed by atoms with E-state index >= 15 is 0 Å². The van der Waals surface area contributed by atoms with E-state index in [9.17, 15) is 14.4 Å². The average Bonchev–Trinajstić information content (AvgIpc) is 3.10. The van der Waals surface area contributed by atoms with Crippen LogP contribution in [0.4, 0.5) is 0 Å². The SMILES string of the molecule is CN1CC(=O)N(C)[C@@H]2CN(C(=O)CCc3c[nH]c4ccccc34)CC[C@@H]2C1=O. The number of para-hydroxylation sites is 1. The molecule has 0 radical (unpaired) electrons. The highest BCUT2D eigenvalue weighted by atomic mass is 16.2. The molecule has 2 saturated heterocycles. The number of hydrogen-bond acceptors (Lipinski definition) is 3. The number of aromatic nitrogens is 1. The van der Waals surface area contributed by atoms with Gasteiger partial charge in [0.1, 0.15) is 0 Å². The van der Waals surface area contributed by atoms with Crippen LogP contribution >= 0.6 is 0 Å². The van der Waals surface area contributed by atoms with E-state index in [0.717, 1.165) is 16.5 Å². The number of aromatic amines is 1. The molecule has 28 heavy (non-hydrogen) atoms. The normalized spacial score (nSPS) is 23.1. The summed E-state index contributed by atoms with van der Waals surface area (Å²) in [5.74, 6) is -0.209. The summed E-state index contributed by atoms with van der Waals surface area (Å²) >= 11 is 0. The quantitative estimate of drug-likeness (QED) is 0.868. The van der Waals surface area contributed by atoms with Gasteiger partial charge in [-0.3, -0.25) is 14.4 Å². The maximum absolute atomic E-state index is 12.8. The Labute approximate surface area is 164 Å². The van der Waals surface area contributed by atoms with Crippen molar-refractivity contribution < 1.29 is 14.4 Å². The van der Waals surface area contributed by atoms with Crippen LogP contribution in [0.3, 0.4) is 0 Å². The molecule has 2 aromatic rings. The summed E-state index contributed by atoms with van der Waals surface area (Å²) in [5.41, 5.74) is 2.21. The van der Waals surface area contributed by atoms with Crippen molar-refractivity contribution in [3.05, 3.63) is 36.0 Å². The van der Waals surface area contributed by atoms with E-state index in [-0.39, 0.29) is 36.2 Å². The number of fused-ring (bicyclic) bond motifs is 2. The Balaban J connectivity index is 1.43. The van der Waals surface area contributed by atoms with Crippen LogP contribution in [-0.4, -0.2) is 77.2 Å². The number of piperidine rings is 1. The van der Waals surface area contributed by atoms with Gasteiger partial charge in [-0.1, -0.05) is 18.2 Å². The van der Waals surface area contributed by atoms with E-state index in [2.05, 4.69) is 11.1 Å². The van der Waals surface area contributed by atoms with Crippen molar-refractivity contribution in [1.82, 2.24) is 19.7 Å². The number of benzene rings is 1. The third kappa shape index (κ3) is 3.25. The summed E-state index contributed by atoms with van der Waals surface area (Å²) in [7, 11) is 3.42. The van der Waals surface area contributed by atoms with Gasteiger partial charge in [0.2, 0.25) is 17.7 Å². The van der Waals surface area contributed by atoms with Crippen molar-refractivity contribution in [2.24, 2.45) is 5.92 Å². The van der Waals surface area contributed by atoms with Gasteiger partial charge in [0.05, 0.1) is 18.5 Å². The number of carbonyl (C=O) groups excluding carboxylic acids is 3. The van der Waals surface area contributed by atoms with Gasteiger partial charge in [-0.05, 0) is 24.5 Å². The Morgan fingerprint density at radius 2 is 2.00 bits per heavy atom. The maximum Gasteiger partial charge on any atom is 0.242 e. The lowest BCUT2D eigenvalue weighted by molar-refractivity contribution is -0.141. The molecule has 1 aromatic heterocycles. The monoisotopic (exact) mass is 382 g/mol. The average molecular weight is 382 g/mol. The fourth-order valence-electron chi connectivity index (χ4n) is 4.44. The molecule has 7 nitrogen and oxygen atoms in total. The molecule has 0 saturated carbocycles. The lowest BCUT2D eigenvalue weighted by Gasteiger charge is -2.40. The van der Waals surface area contributed by atoms with Gasteiger partial charge < -0.3 is 19.7 Å². The minimum absolute atomic E-state index is 0.00796. The number of nitrogens with zero attached hydrogens (tertiary/aromatic N) is 3. The molecule has 7 heteroatoms. The molecule has 2 fully saturated rings. The molecule has 3 heterocycles. The van der Waals surface area contributed by atoms with Crippen LogP contribution < -0.4 is 0 Å². The van der Waals surface area contributed by atoms with Crippen molar-refractivity contribution in [2.75, 3.05) is 33.7 Å². The van der Waals surface area contributed by atoms with Gasteiger partial charge >= 0.3 is 0 Å². The second-order valence-electron chi connectivity index (χ2n) is 7.86. The molecule has 148 valence electrons. The van der Waals surface area contributed by atoms with Crippen LogP contribution in [0.25, 0.3) is 10.9 Å². The first-order chi connectivity index (χ1) is 13.5. The van der Waals surface area contributed by atoms with Gasteiger partial charge in [-0.25, -0.2) is 0 Å². The first kappa shape index (κ1) is 18.5. The van der Waals surface area contributed by atoms with E-state index in [1.54, 1.807) is 19.0 Å². The highest BCUT2D eigenvalue weighted by Gasteiger charge is 2.43. The Kier molecular flexibility index (Phi) is 4.83. The Hall–Kier alpha value is -2.83. The van der Waals surface area contributed by atoms with Gasteiger partial charge in [0, 0.05) is 50.7 Å². The van der Waals surface area contributed by atoms with Gasteiger partial charge in [0.15, 0.2) is 0 Å². The minimum atomic E-state index is -0.240. The number of H-pyrrole nitrogens is 1. The molecule has 2 aliphatic rings. The van der Waals surface area contributed by atoms with Crippen molar-refractivity contribution in [2.45, 2.75) is 25.3 Å². The predicted octanol–water partition coefficient (Wildman–Crippen LogP) is 1.25. The molecule has 3 amide bonds. The van der Waals surface area contributed by atoms with Gasteiger partial charge in [-0.2, -0.15) is 0 Å². The highest BCUT2D eigenvalue weighted by Crippen LogP contribution is 2.27. The van der Waals surface area contributed by atoms with E-state index in [4.69, 9.17) is 0 Å². The van der Waals surface area contributed by atoms with Crippen LogP contribution in [0.2, 0.25) is 0 Å². The lowest BCUT2D eigenvalue weighted by Crippen LogP contribution is -2.55. The number of aryl methyl sites for hydroxylation is 1. The zero-order valence-corrected chi connectivity index (χ0v) is 16.4. The molecular weight excluding hydrogens is 356 g/mol. The molecule has 4 rings (SSSR count). The van der Waals surface area contributed by atoms with Crippen LogP contribution in [-0.2, 0) is 20.8 Å². The van der Waals surface area contributed by atoms with E-state index in [0.29, 0.717) is 32.4 Å². The molecule has 0 bridgehead atoms. The fourth-order valence-corrected chi connectivity index (χ4v) is 4.44. The summed E-state index contributed by atoms with van der Waals surface area (Å²) in [6, 6.07) is 7.83. The van der Waals surface area contributed by atoms with Crippen LogP contribution in [0.1, 0.15) is 18.4 Å². The third-order valence-corrected chi connectivity index (χ3v) is 6.17. The minimum Gasteiger partial charge on any atom is -0.361 e. The number of hydrogen-bond donors (Lipinski definition) is 1. The van der Waals surface area contributed by atoms with Crippen LogP contribution in [0, 0.1) is 5.92 Å². The standard InChI is InChI=1S/C21H26N4O3/c1-23-13-20(27)24(2)18-12-25(10-9-16(18)21(23)28)19(26)8-7-14-11-22-17-6-4-3-5-15(14)17/h3-6,11,16,18,22H,7-10,12-13H2,1-2H3/t16-,18+/m0/s1. The van der Waals surface area contributed by atoms with Crippen LogP contribution in [0.15, 0.2) is 30.5 Å². The first-order valence-corrected chi connectivity index (χ1v) is 9.79. The summed E-state index contributed by atoms with van der Waals surface area (Å²) in [4.78, 5) is 46.0. The molecule has 2 aliphatic heterocycles. The number of amides is 3. The zero-order valence-electron chi connectivity index (χ0n) is 16.4. The topological polar surface area (TPSA) is 76.7 Å². The smallest absolute Gasteiger partial charge is 0.242 e. The van der Waals surface area contributed by atoms with E-state index in [1.165, 1.54) is 4.90 Å². The summed E-state index contributed by atoms with van der Waals surface area (Å²) in [6.45, 7) is 1.10. The summed E-state index contributed by atoms with van der Waals surface area (Å²) < 4.78 is 0. The van der Waals surface area contributed by atoms with E-state index in [1.807, 2.05) is 29.3 Å². The maximum atomic E-state index is 12.8. The predicted molar refractivity (Wildman–Crippen MR) is 106 cm³/mol. The second-order valence-corrected chi connectivity index (χ2v) is 7.86. The Morgan fingerprint density at radius 3 is 2.82 bits per heavy atom. The van der Waals surface area contributed by atoms with Crippen molar-refractivity contribution >= 4 is 28.6 Å². The van der Waals surface area contributed by atoms with Gasteiger partial charge in [-0.15, -0.1) is 0 Å². The van der Waals surface area contributed by atoms with Crippen LogP contribution in [0.5, 0.6) is 0 Å². The highest BCUT2D eigenvalue weighted by molar-refractivity contribution is 5.89. The van der Waals surface area contributed by atoms with Crippen molar-refractivity contribution in [3.8, 4) is 0 Å². The molecule has 2 atom stereocenters. The molecular formula is C21H26N4O3. The number of likely N-dealkylation sites (N-methyl/N-ethyl adjacent to an activating group) is 2. The number of nitrogens with one attached hydrogen (secondary N) is 1. The largest absolute Gasteiger partial charge is 0.361 e. The number of carbonyl (C=O) groups is 3. The summed E-state index contributed by atoms with van der Waals surface area (Å²) in [6.07, 6.45) is 3.66. The molecule has 1 aromatic carbocycles. The Bertz CT molecular complexity index is 921. The Morgan fingerprint density at radius 1 is 1.21 bits per heavy atom. The third-order valence-electron chi connectivity index (χ3n) is 6.17. The number of likely N-dealkylation sites (tertiary alicyclic amines) is 1. The van der Waals surface area contributed by atoms with Crippen molar-refractivity contribution in [3.63, 3.8) is 0 Å². The summed E-state index contributed by atoms with van der Waals surface area (Å²) in [5, 5.41) is 1.15. The van der Waals surface area contributed by atoms with E-state index < -0.39 is 0 Å². The lowest BCUT2D eigenvalue weighted by atomic mass is 9.89. The first-order valence-electron chi connectivity index (χ1n) is 9.79. The molecule has 0 unspecified atom stereocenters. The van der Waals surface area contributed by atoms with Crippen molar-refractivity contribution in [1.29, 1.82) is 0 Å². The zero-order chi connectivity index (χ0) is 19.8. The molecule has 1 N–H and O–H groups in total. The second kappa shape index (κ2) is 7.30. The molecule has 0 spiro atoms. The molecule has 0 aliphatic carbocycles. The fraction of sp³-hybridized carbons (Fsp3) is 0.476. The van der Waals surface area contributed by atoms with Gasteiger partial charge in [0.25, 0.3) is 0 Å². The number of rotatable bonds is 3.